The lowest BCUT2D eigenvalue weighted by Gasteiger charge is -2.28. The molecule has 5 heteroatoms. The van der Waals surface area contributed by atoms with Gasteiger partial charge in [0.25, 0.3) is 0 Å². The zero-order valence-electron chi connectivity index (χ0n) is 11.0. The van der Waals surface area contributed by atoms with Gasteiger partial charge < -0.3 is 16.3 Å². The second-order valence-electron chi connectivity index (χ2n) is 5.83. The summed E-state index contributed by atoms with van der Waals surface area (Å²) in [6.07, 6.45) is 6.90. The van der Waals surface area contributed by atoms with E-state index >= 15 is 0 Å². The maximum atomic E-state index is 12.4. The molecule has 0 radical (unpaired) electrons. The Hall–Kier alpha value is -1.26. The maximum Gasteiger partial charge on any atom is 0.234 e. The van der Waals surface area contributed by atoms with Crippen molar-refractivity contribution in [3.63, 3.8) is 0 Å². The first-order valence-electron chi connectivity index (χ1n) is 6.87. The van der Waals surface area contributed by atoms with Crippen molar-refractivity contribution in [2.45, 2.75) is 57.9 Å². The Morgan fingerprint density at radius 2 is 2.11 bits per heavy atom. The number of amides is 1. The van der Waals surface area contributed by atoms with Gasteiger partial charge in [-0.25, -0.2) is 0 Å². The van der Waals surface area contributed by atoms with Gasteiger partial charge in [-0.05, 0) is 32.1 Å². The fraction of sp³-hybridized carbons (Fsp3) is 0.846. The predicted octanol–water partition coefficient (Wildman–Crippen LogP) is 1.60. The maximum absolute atomic E-state index is 12.4. The number of amidine groups is 1. The largest absolute Gasteiger partial charge is 0.409 e. The zero-order chi connectivity index (χ0) is 13.2. The first-order valence-corrected chi connectivity index (χ1v) is 6.87. The van der Waals surface area contributed by atoms with Crippen molar-refractivity contribution in [1.29, 1.82) is 0 Å². The van der Waals surface area contributed by atoms with E-state index in [1.165, 1.54) is 12.8 Å². The van der Waals surface area contributed by atoms with Gasteiger partial charge in [-0.15, -0.1) is 0 Å². The van der Waals surface area contributed by atoms with Gasteiger partial charge in [-0.1, -0.05) is 30.8 Å². The first kappa shape index (κ1) is 13.2. The molecular weight excluding hydrogens is 230 g/mol. The fourth-order valence-electron chi connectivity index (χ4n) is 2.95. The van der Waals surface area contributed by atoms with Gasteiger partial charge in [-0.2, -0.15) is 0 Å². The van der Waals surface area contributed by atoms with Gasteiger partial charge in [0.2, 0.25) is 5.91 Å². The van der Waals surface area contributed by atoms with E-state index in [1.807, 2.05) is 6.92 Å². The second-order valence-corrected chi connectivity index (χ2v) is 5.83. The molecule has 18 heavy (non-hydrogen) atoms. The molecule has 1 amide bonds. The monoisotopic (exact) mass is 253 g/mol. The summed E-state index contributed by atoms with van der Waals surface area (Å²) in [6.45, 7) is 2.03. The number of carbonyl (C=O) groups excluding carboxylic acids is 1. The van der Waals surface area contributed by atoms with Crippen molar-refractivity contribution >= 4 is 11.7 Å². The highest BCUT2D eigenvalue weighted by Gasteiger charge is 2.45. The van der Waals surface area contributed by atoms with Crippen LogP contribution in [0.3, 0.4) is 0 Å². The summed E-state index contributed by atoms with van der Waals surface area (Å²) < 4.78 is 0. The number of hydrogen-bond donors (Lipinski definition) is 3. The molecule has 0 aromatic carbocycles. The summed E-state index contributed by atoms with van der Waals surface area (Å²) in [5, 5.41) is 15.0. The molecule has 0 aromatic heterocycles. The predicted molar refractivity (Wildman–Crippen MR) is 69.3 cm³/mol. The van der Waals surface area contributed by atoms with Crippen molar-refractivity contribution in [2.75, 3.05) is 0 Å². The molecular formula is C13H23N3O2. The molecule has 2 aliphatic rings. The summed E-state index contributed by atoms with van der Waals surface area (Å²) in [4.78, 5) is 12.4. The van der Waals surface area contributed by atoms with E-state index in [1.54, 1.807) is 0 Å². The third-order valence-electron chi connectivity index (χ3n) is 4.25. The van der Waals surface area contributed by atoms with Crippen LogP contribution >= 0.6 is 0 Å². The normalized spacial score (nSPS) is 24.8. The van der Waals surface area contributed by atoms with Crippen LogP contribution in [0.5, 0.6) is 0 Å². The number of nitrogens with zero attached hydrogens (tertiary/aromatic N) is 1. The van der Waals surface area contributed by atoms with E-state index in [0.29, 0.717) is 12.8 Å². The van der Waals surface area contributed by atoms with E-state index in [-0.39, 0.29) is 17.8 Å². The van der Waals surface area contributed by atoms with E-state index in [0.717, 1.165) is 25.2 Å². The van der Waals surface area contributed by atoms with Crippen LogP contribution < -0.4 is 11.1 Å². The van der Waals surface area contributed by atoms with Crippen LogP contribution in [-0.2, 0) is 4.79 Å². The Balaban J connectivity index is 1.99. The minimum absolute atomic E-state index is 0.0659. The molecule has 2 fully saturated rings. The van der Waals surface area contributed by atoms with Crippen molar-refractivity contribution in [3.8, 4) is 0 Å². The topological polar surface area (TPSA) is 87.7 Å². The van der Waals surface area contributed by atoms with Crippen molar-refractivity contribution in [2.24, 2.45) is 22.2 Å². The van der Waals surface area contributed by atoms with Crippen molar-refractivity contribution in [1.82, 2.24) is 5.32 Å². The summed E-state index contributed by atoms with van der Waals surface area (Å²) in [5.41, 5.74) is 4.97. The molecule has 2 saturated carbocycles. The van der Waals surface area contributed by atoms with Crippen LogP contribution in [0, 0.1) is 11.3 Å². The first-order chi connectivity index (χ1) is 8.58. The van der Waals surface area contributed by atoms with Crippen molar-refractivity contribution in [3.05, 3.63) is 0 Å². The molecule has 0 bridgehead atoms. The number of carbonyl (C=O) groups is 1. The minimum atomic E-state index is -0.771. The van der Waals surface area contributed by atoms with Gasteiger partial charge in [0.15, 0.2) is 5.84 Å². The molecule has 2 rings (SSSR count). The average Bonchev–Trinajstić information content (AvgIpc) is 3.00. The highest BCUT2D eigenvalue weighted by Crippen LogP contribution is 2.39. The SMILES string of the molecule is CC(CC1CC1)NC(=O)C1(/C(N)=N/O)CCCC1. The van der Waals surface area contributed by atoms with E-state index < -0.39 is 5.41 Å². The second kappa shape index (κ2) is 5.16. The molecule has 102 valence electrons. The molecule has 0 saturated heterocycles. The van der Waals surface area contributed by atoms with Gasteiger partial charge in [-0.3, -0.25) is 4.79 Å². The highest BCUT2D eigenvalue weighted by molar-refractivity contribution is 6.07. The number of nitrogens with two attached hydrogens (primary N) is 1. The van der Waals surface area contributed by atoms with Crippen LogP contribution in [0.2, 0.25) is 0 Å². The van der Waals surface area contributed by atoms with Gasteiger partial charge in [0, 0.05) is 6.04 Å². The summed E-state index contributed by atoms with van der Waals surface area (Å²) in [5.74, 6) is 0.781. The fourth-order valence-corrected chi connectivity index (χ4v) is 2.95. The molecule has 0 heterocycles. The molecule has 1 atom stereocenters. The molecule has 0 aliphatic heterocycles. The van der Waals surface area contributed by atoms with Crippen LogP contribution in [0.1, 0.15) is 51.9 Å². The quantitative estimate of drug-likeness (QED) is 0.301. The molecule has 5 nitrogen and oxygen atoms in total. The molecule has 0 spiro atoms. The van der Waals surface area contributed by atoms with E-state index in [4.69, 9.17) is 10.9 Å². The van der Waals surface area contributed by atoms with Crippen LogP contribution in [-0.4, -0.2) is 23.0 Å². The summed E-state index contributed by atoms with van der Waals surface area (Å²) >= 11 is 0. The van der Waals surface area contributed by atoms with E-state index in [9.17, 15) is 4.79 Å². The zero-order valence-corrected chi connectivity index (χ0v) is 11.0. The number of rotatable bonds is 5. The summed E-state index contributed by atoms with van der Waals surface area (Å²) in [7, 11) is 0. The lowest BCUT2D eigenvalue weighted by molar-refractivity contribution is -0.128. The van der Waals surface area contributed by atoms with Crippen LogP contribution in [0.15, 0.2) is 5.16 Å². The number of oxime groups is 1. The minimum Gasteiger partial charge on any atom is -0.409 e. The molecule has 2 aliphatic carbocycles. The van der Waals surface area contributed by atoms with Crippen LogP contribution in [0.25, 0.3) is 0 Å². The smallest absolute Gasteiger partial charge is 0.234 e. The Kier molecular flexibility index (Phi) is 3.78. The Morgan fingerprint density at radius 3 is 2.61 bits per heavy atom. The number of nitrogens with one attached hydrogen (secondary N) is 1. The van der Waals surface area contributed by atoms with Gasteiger partial charge >= 0.3 is 0 Å². The lowest BCUT2D eigenvalue weighted by atomic mass is 9.83. The highest BCUT2D eigenvalue weighted by atomic mass is 16.4. The lowest BCUT2D eigenvalue weighted by Crippen LogP contribution is -2.50. The van der Waals surface area contributed by atoms with Gasteiger partial charge in [0.1, 0.15) is 5.41 Å². The third kappa shape index (κ3) is 2.60. The van der Waals surface area contributed by atoms with Gasteiger partial charge in [0.05, 0.1) is 0 Å². The Labute approximate surface area is 108 Å². The average molecular weight is 253 g/mol. The molecule has 0 aromatic rings. The standard InChI is InChI=1S/C13H23N3O2/c1-9(8-10-4-5-10)15-12(17)13(11(14)16-18)6-2-3-7-13/h9-10,18H,2-8H2,1H3,(H2,14,16)(H,15,17). The third-order valence-corrected chi connectivity index (χ3v) is 4.25. The Morgan fingerprint density at radius 1 is 1.50 bits per heavy atom. The molecule has 1 unspecified atom stereocenters. The van der Waals surface area contributed by atoms with Crippen LogP contribution in [0.4, 0.5) is 0 Å². The number of hydrogen-bond acceptors (Lipinski definition) is 3. The Bertz CT molecular complexity index is 344. The van der Waals surface area contributed by atoms with Crippen molar-refractivity contribution < 1.29 is 10.0 Å². The summed E-state index contributed by atoms with van der Waals surface area (Å²) in [6, 6.07) is 0.175. The van der Waals surface area contributed by atoms with E-state index in [2.05, 4.69) is 10.5 Å². The molecule has 4 N–H and O–H groups in total.